The van der Waals surface area contributed by atoms with Crippen LogP contribution in [0.4, 0.5) is 0 Å². The minimum atomic E-state index is -3.52. The quantitative estimate of drug-likeness (QED) is 0.813. The molecule has 94 valence electrons. The van der Waals surface area contributed by atoms with Gasteiger partial charge in [0, 0.05) is 0 Å². The van der Waals surface area contributed by atoms with Crippen molar-refractivity contribution in [2.75, 3.05) is 0 Å². The van der Waals surface area contributed by atoms with Crippen molar-refractivity contribution in [3.63, 3.8) is 0 Å². The average Bonchev–Trinajstić information content (AvgIpc) is 2.74. The highest BCUT2D eigenvalue weighted by Gasteiger charge is 2.39. The van der Waals surface area contributed by atoms with E-state index in [1.54, 1.807) is 24.3 Å². The summed E-state index contributed by atoms with van der Waals surface area (Å²) in [5, 5.41) is 12.3. The Balaban J connectivity index is 2.17. The molecule has 2 rings (SSSR count). The molecule has 0 radical (unpaired) electrons. The van der Waals surface area contributed by atoms with Gasteiger partial charge in [-0.15, -0.1) is 0 Å². The molecular weight excluding hydrogens is 252 g/mol. The lowest BCUT2D eigenvalue weighted by Crippen LogP contribution is -2.25. The monoisotopic (exact) mass is 264 g/mol. The number of hydrogen-bond acceptors (Lipinski definition) is 5. The fourth-order valence-corrected chi connectivity index (χ4v) is 3.05. The second-order valence-electron chi connectivity index (χ2n) is 4.34. The van der Waals surface area contributed by atoms with Crippen LogP contribution in [0.1, 0.15) is 18.9 Å². The molecule has 0 saturated heterocycles. The molecule has 0 fully saturated rings. The van der Waals surface area contributed by atoms with E-state index in [1.165, 1.54) is 6.92 Å². The Morgan fingerprint density at radius 2 is 2.11 bits per heavy atom. The Labute approximate surface area is 106 Å². The molecule has 0 amide bonds. The van der Waals surface area contributed by atoms with Gasteiger partial charge in [-0.05, 0) is 12.5 Å². The number of nitriles is 1. The van der Waals surface area contributed by atoms with Crippen molar-refractivity contribution in [2.24, 2.45) is 5.16 Å². The second kappa shape index (κ2) is 4.42. The maximum absolute atomic E-state index is 12.1. The smallest absolute Gasteiger partial charge is 0.225 e. The first-order valence-corrected chi connectivity index (χ1v) is 7.03. The van der Waals surface area contributed by atoms with Crippen molar-refractivity contribution in [3.8, 4) is 6.07 Å². The maximum atomic E-state index is 12.1. The van der Waals surface area contributed by atoms with Crippen LogP contribution in [0.25, 0.3) is 0 Å². The zero-order chi connectivity index (χ0) is 13.2. The lowest BCUT2D eigenvalue weighted by molar-refractivity contribution is 0.0425. The van der Waals surface area contributed by atoms with Crippen molar-refractivity contribution in [3.05, 3.63) is 35.9 Å². The number of rotatable bonds is 2. The average molecular weight is 264 g/mol. The van der Waals surface area contributed by atoms with Crippen LogP contribution in [0.15, 0.2) is 35.5 Å². The van der Waals surface area contributed by atoms with Gasteiger partial charge in [0.25, 0.3) is 0 Å². The predicted octanol–water partition coefficient (Wildman–Crippen LogP) is 1.62. The minimum Gasteiger partial charge on any atom is -0.373 e. The first-order valence-electron chi connectivity index (χ1n) is 5.38. The van der Waals surface area contributed by atoms with Crippen molar-refractivity contribution < 1.29 is 13.3 Å². The normalized spacial score (nSPS) is 23.0. The molecule has 0 saturated carbocycles. The van der Waals surface area contributed by atoms with Gasteiger partial charge in [-0.1, -0.05) is 35.5 Å². The van der Waals surface area contributed by atoms with Crippen LogP contribution >= 0.6 is 0 Å². The van der Waals surface area contributed by atoms with Gasteiger partial charge in [0.15, 0.2) is 14.9 Å². The van der Waals surface area contributed by atoms with Crippen molar-refractivity contribution in [1.82, 2.24) is 0 Å². The molecule has 1 aromatic carbocycles. The van der Waals surface area contributed by atoms with Gasteiger partial charge in [-0.3, -0.25) is 0 Å². The van der Waals surface area contributed by atoms with Crippen molar-refractivity contribution >= 4 is 14.9 Å². The molecule has 0 spiro atoms. The summed E-state index contributed by atoms with van der Waals surface area (Å²) in [6, 6.07) is 10.7. The van der Waals surface area contributed by atoms with E-state index in [4.69, 9.17) is 10.1 Å². The lowest BCUT2D eigenvalue weighted by Gasteiger charge is -2.09. The molecule has 0 aliphatic carbocycles. The van der Waals surface area contributed by atoms with Crippen molar-refractivity contribution in [1.29, 1.82) is 5.26 Å². The SMILES string of the molecule is CC1(C#N)CC(S(=O)(=O)Cc2ccccc2)=NO1. The van der Waals surface area contributed by atoms with Crippen LogP contribution in [-0.4, -0.2) is 19.1 Å². The van der Waals surface area contributed by atoms with E-state index in [1.807, 2.05) is 12.1 Å². The topological polar surface area (TPSA) is 79.5 Å². The zero-order valence-corrected chi connectivity index (χ0v) is 10.6. The molecule has 18 heavy (non-hydrogen) atoms. The molecule has 5 nitrogen and oxygen atoms in total. The molecule has 0 aromatic heterocycles. The summed E-state index contributed by atoms with van der Waals surface area (Å²) < 4.78 is 24.2. The van der Waals surface area contributed by atoms with Gasteiger partial charge in [-0.25, -0.2) is 8.42 Å². The molecule has 1 aromatic rings. The molecule has 1 unspecified atom stereocenters. The molecule has 6 heteroatoms. The maximum Gasteiger partial charge on any atom is 0.225 e. The Morgan fingerprint density at radius 3 is 2.67 bits per heavy atom. The number of nitrogens with zero attached hydrogens (tertiary/aromatic N) is 2. The fraction of sp³-hybridized carbons (Fsp3) is 0.333. The van der Waals surface area contributed by atoms with Gasteiger partial charge in [0.1, 0.15) is 6.07 Å². The van der Waals surface area contributed by atoms with E-state index in [2.05, 4.69) is 5.16 Å². The number of oxime groups is 1. The molecule has 0 bridgehead atoms. The summed E-state index contributed by atoms with van der Waals surface area (Å²) in [7, 11) is -3.52. The van der Waals surface area contributed by atoms with Gasteiger partial charge in [-0.2, -0.15) is 5.26 Å². The number of benzene rings is 1. The van der Waals surface area contributed by atoms with Gasteiger partial charge in [0.2, 0.25) is 5.60 Å². The van der Waals surface area contributed by atoms with E-state index >= 15 is 0 Å². The highest BCUT2D eigenvalue weighted by atomic mass is 32.2. The Kier molecular flexibility index (Phi) is 3.09. The third-order valence-corrected chi connectivity index (χ3v) is 4.28. The first-order chi connectivity index (χ1) is 8.45. The molecule has 0 N–H and O–H groups in total. The highest BCUT2D eigenvalue weighted by molar-refractivity contribution is 8.05. The third-order valence-electron chi connectivity index (χ3n) is 2.63. The summed E-state index contributed by atoms with van der Waals surface area (Å²) >= 11 is 0. The van der Waals surface area contributed by atoms with Crippen LogP contribution in [0.5, 0.6) is 0 Å². The van der Waals surface area contributed by atoms with Gasteiger partial charge < -0.3 is 4.84 Å². The molecule has 1 atom stereocenters. The summed E-state index contributed by atoms with van der Waals surface area (Å²) in [4.78, 5) is 4.87. The summed E-state index contributed by atoms with van der Waals surface area (Å²) in [5.74, 6) is -0.127. The van der Waals surface area contributed by atoms with E-state index in [0.717, 1.165) is 0 Å². The van der Waals surface area contributed by atoms with Crippen LogP contribution in [0.3, 0.4) is 0 Å². The van der Waals surface area contributed by atoms with Crippen LogP contribution in [0, 0.1) is 11.3 Å². The standard InChI is InChI=1S/C12H12N2O3S/c1-12(9-13)7-11(14-17-12)18(15,16)8-10-5-3-2-4-6-10/h2-6H,7-8H2,1H3. The largest absolute Gasteiger partial charge is 0.373 e. The highest BCUT2D eigenvalue weighted by Crippen LogP contribution is 2.26. The zero-order valence-electron chi connectivity index (χ0n) is 9.83. The lowest BCUT2D eigenvalue weighted by atomic mass is 10.1. The van der Waals surface area contributed by atoms with E-state index < -0.39 is 15.4 Å². The summed E-state index contributed by atoms with van der Waals surface area (Å²) in [5.41, 5.74) is -0.482. The molecular formula is C12H12N2O3S. The first kappa shape index (κ1) is 12.6. The molecule has 1 aliphatic rings. The van der Waals surface area contributed by atoms with E-state index in [9.17, 15) is 8.42 Å². The third kappa shape index (κ3) is 2.51. The Bertz CT molecular complexity index is 616. The van der Waals surface area contributed by atoms with E-state index in [-0.39, 0.29) is 17.2 Å². The summed E-state index contributed by atoms with van der Waals surface area (Å²) in [6.07, 6.45) is -0.00132. The van der Waals surface area contributed by atoms with E-state index in [0.29, 0.717) is 5.56 Å². The van der Waals surface area contributed by atoms with Gasteiger partial charge >= 0.3 is 0 Å². The fourth-order valence-electron chi connectivity index (χ4n) is 1.61. The van der Waals surface area contributed by atoms with Crippen LogP contribution in [-0.2, 0) is 20.4 Å². The molecule has 1 aliphatic heterocycles. The predicted molar refractivity (Wildman–Crippen MR) is 66.2 cm³/mol. The van der Waals surface area contributed by atoms with Crippen molar-refractivity contribution in [2.45, 2.75) is 24.7 Å². The second-order valence-corrected chi connectivity index (χ2v) is 6.33. The van der Waals surface area contributed by atoms with Crippen LogP contribution < -0.4 is 0 Å². The van der Waals surface area contributed by atoms with Gasteiger partial charge in [0.05, 0.1) is 12.2 Å². The summed E-state index contributed by atoms with van der Waals surface area (Å²) in [6.45, 7) is 1.52. The Morgan fingerprint density at radius 1 is 1.44 bits per heavy atom. The molecule has 1 heterocycles. The number of sulfone groups is 1. The minimum absolute atomic E-state index is 0.00132. The number of hydrogen-bond donors (Lipinski definition) is 0. The Hall–Kier alpha value is -1.87. The van der Waals surface area contributed by atoms with Crippen LogP contribution in [0.2, 0.25) is 0 Å².